The summed E-state index contributed by atoms with van der Waals surface area (Å²) < 4.78 is 4.69. The lowest BCUT2D eigenvalue weighted by Crippen LogP contribution is -1.93. The Balaban J connectivity index is 0.00000159. The quantitative estimate of drug-likeness (QED) is 0.184. The van der Waals surface area contributed by atoms with Crippen LogP contribution < -0.4 is 0 Å². The summed E-state index contributed by atoms with van der Waals surface area (Å²) in [6.07, 6.45) is 0. The van der Waals surface area contributed by atoms with Crippen molar-refractivity contribution in [3.63, 3.8) is 0 Å². The maximum atomic E-state index is 6.84. The molecule has 0 spiro atoms. The molecular weight excluding hydrogens is 592 g/mol. The number of hydrogen-bond acceptors (Lipinski definition) is 0. The van der Waals surface area contributed by atoms with Gasteiger partial charge in [-0.3, -0.25) is 0 Å². The van der Waals surface area contributed by atoms with Gasteiger partial charge in [0.05, 0.1) is 22.1 Å². The lowest BCUT2D eigenvalue weighted by atomic mass is 9.97. The summed E-state index contributed by atoms with van der Waals surface area (Å²) in [6, 6.07) is 58.4. The van der Waals surface area contributed by atoms with Crippen molar-refractivity contribution in [3.05, 3.63) is 169 Å². The predicted octanol–water partition coefficient (Wildman–Crippen LogP) is 12.9. The second-order valence-electron chi connectivity index (χ2n) is 11.6. The Kier molecular flexibility index (Phi) is 7.36. The zero-order valence-electron chi connectivity index (χ0n) is 26.4. The number of aromatic nitrogens is 2. The smallest absolute Gasteiger partial charge is 0.0541 e. The molecule has 9 rings (SSSR count). The van der Waals surface area contributed by atoms with Gasteiger partial charge >= 0.3 is 0 Å². The van der Waals surface area contributed by atoms with Crippen LogP contribution in [-0.2, 0) is 0 Å². The maximum absolute atomic E-state index is 6.84. The lowest BCUT2D eigenvalue weighted by molar-refractivity contribution is 1.18. The Morgan fingerprint density at radius 1 is 0.340 bits per heavy atom. The Hall–Kier alpha value is -5.57. The van der Waals surface area contributed by atoms with E-state index in [1.54, 1.807) is 0 Å². The van der Waals surface area contributed by atoms with Crippen LogP contribution in [0.2, 0.25) is 5.02 Å². The van der Waals surface area contributed by atoms with Crippen LogP contribution in [0.1, 0.15) is 13.8 Å². The topological polar surface area (TPSA) is 9.86 Å². The van der Waals surface area contributed by atoms with E-state index in [9.17, 15) is 0 Å². The van der Waals surface area contributed by atoms with Crippen molar-refractivity contribution in [2.45, 2.75) is 13.8 Å². The molecule has 0 bridgehead atoms. The van der Waals surface area contributed by atoms with Crippen LogP contribution in [0.4, 0.5) is 0 Å². The van der Waals surface area contributed by atoms with Crippen molar-refractivity contribution < 1.29 is 0 Å². The standard InChI is InChI=1S/C42H27ClN2.C2H6/c43-32-24-30(28-19-21-41-37(26-28)35-15-7-9-17-39(35)44(41)33-11-3-1-4-12-33)23-31(25-32)29-20-22-42-38(27-29)36-16-8-10-18-40(36)45(42)34-13-5-2-6-14-34;1-2/h1-27H;1-2H3. The van der Waals surface area contributed by atoms with Gasteiger partial charge in [-0.2, -0.15) is 0 Å². The first-order valence-electron chi connectivity index (χ1n) is 16.2. The minimum Gasteiger partial charge on any atom is -0.309 e. The SMILES string of the molecule is CC.Clc1cc(-c2ccc3c(c2)c2ccccc2n3-c2ccccc2)cc(-c2ccc3c(c2)c2ccccc2n3-c2ccccc2)c1. The van der Waals surface area contributed by atoms with E-state index in [1.807, 2.05) is 13.8 Å². The van der Waals surface area contributed by atoms with E-state index in [-0.39, 0.29) is 0 Å². The molecular formula is C44H33ClN2. The summed E-state index contributed by atoms with van der Waals surface area (Å²) in [5.74, 6) is 0. The molecule has 2 nitrogen and oxygen atoms in total. The van der Waals surface area contributed by atoms with Crippen molar-refractivity contribution in [2.24, 2.45) is 0 Å². The normalized spacial score (nSPS) is 11.3. The zero-order chi connectivity index (χ0) is 31.9. The molecule has 0 saturated carbocycles. The number of rotatable bonds is 4. The van der Waals surface area contributed by atoms with Crippen LogP contribution in [0.3, 0.4) is 0 Å². The van der Waals surface area contributed by atoms with Gasteiger partial charge in [-0.25, -0.2) is 0 Å². The molecule has 7 aromatic carbocycles. The number of para-hydroxylation sites is 4. The Bertz CT molecular complexity index is 2360. The highest BCUT2D eigenvalue weighted by atomic mass is 35.5. The molecule has 0 N–H and O–H groups in total. The minimum atomic E-state index is 0.723. The van der Waals surface area contributed by atoms with Crippen molar-refractivity contribution in [1.29, 1.82) is 0 Å². The summed E-state index contributed by atoms with van der Waals surface area (Å²) >= 11 is 6.84. The second kappa shape index (κ2) is 12.0. The van der Waals surface area contributed by atoms with Gasteiger partial charge in [0.2, 0.25) is 0 Å². The Morgan fingerprint density at radius 3 is 1.17 bits per heavy atom. The fourth-order valence-corrected chi connectivity index (χ4v) is 7.17. The molecule has 0 atom stereocenters. The number of hydrogen-bond donors (Lipinski definition) is 0. The second-order valence-corrected chi connectivity index (χ2v) is 12.0. The minimum absolute atomic E-state index is 0.723. The molecule has 0 aliphatic carbocycles. The summed E-state index contributed by atoms with van der Waals surface area (Å²) in [7, 11) is 0. The van der Waals surface area contributed by atoms with Crippen LogP contribution in [-0.4, -0.2) is 9.13 Å². The fourth-order valence-electron chi connectivity index (χ4n) is 6.94. The highest BCUT2D eigenvalue weighted by molar-refractivity contribution is 6.31. The van der Waals surface area contributed by atoms with E-state index in [0.717, 1.165) is 38.7 Å². The number of benzene rings is 7. The first-order valence-corrected chi connectivity index (χ1v) is 16.6. The van der Waals surface area contributed by atoms with Crippen molar-refractivity contribution >= 4 is 55.2 Å². The summed E-state index contributed by atoms with van der Waals surface area (Å²) in [4.78, 5) is 0. The van der Waals surface area contributed by atoms with Crippen LogP contribution >= 0.6 is 11.6 Å². The summed E-state index contributed by atoms with van der Waals surface area (Å²) in [6.45, 7) is 4.00. The lowest BCUT2D eigenvalue weighted by Gasteiger charge is -2.11. The molecule has 2 aromatic heterocycles. The first kappa shape index (κ1) is 28.9. The van der Waals surface area contributed by atoms with E-state index < -0.39 is 0 Å². The third-order valence-corrected chi connectivity index (χ3v) is 9.16. The van der Waals surface area contributed by atoms with Gasteiger partial charge in [-0.05, 0) is 101 Å². The number of nitrogens with zero attached hydrogens (tertiary/aromatic N) is 2. The van der Waals surface area contributed by atoms with E-state index >= 15 is 0 Å². The van der Waals surface area contributed by atoms with Gasteiger partial charge < -0.3 is 9.13 Å². The molecule has 0 saturated heterocycles. The molecule has 2 heterocycles. The molecule has 3 heteroatoms. The number of fused-ring (bicyclic) bond motifs is 6. The van der Waals surface area contributed by atoms with Crippen molar-refractivity contribution in [2.75, 3.05) is 0 Å². The van der Waals surface area contributed by atoms with Gasteiger partial charge in [0.25, 0.3) is 0 Å². The zero-order valence-corrected chi connectivity index (χ0v) is 27.1. The molecule has 47 heavy (non-hydrogen) atoms. The largest absolute Gasteiger partial charge is 0.309 e. The van der Waals surface area contributed by atoms with Crippen molar-refractivity contribution in [3.8, 4) is 33.6 Å². The summed E-state index contributed by atoms with van der Waals surface area (Å²) in [5, 5.41) is 5.65. The van der Waals surface area contributed by atoms with Gasteiger partial charge in [-0.15, -0.1) is 0 Å². The Labute approximate surface area is 279 Å². The van der Waals surface area contributed by atoms with Crippen LogP contribution in [0.25, 0.3) is 77.2 Å². The predicted molar refractivity (Wildman–Crippen MR) is 202 cm³/mol. The third-order valence-electron chi connectivity index (χ3n) is 8.94. The van der Waals surface area contributed by atoms with Crippen LogP contribution in [0.15, 0.2) is 164 Å². The molecule has 9 aromatic rings. The average Bonchev–Trinajstić information content (AvgIpc) is 3.65. The Morgan fingerprint density at radius 2 is 0.723 bits per heavy atom. The molecule has 226 valence electrons. The van der Waals surface area contributed by atoms with E-state index in [4.69, 9.17) is 11.6 Å². The molecule has 0 aliphatic rings. The van der Waals surface area contributed by atoms with E-state index in [2.05, 4.69) is 173 Å². The van der Waals surface area contributed by atoms with Gasteiger partial charge in [0.1, 0.15) is 0 Å². The maximum Gasteiger partial charge on any atom is 0.0541 e. The number of halogens is 1. The molecule has 0 fully saturated rings. The van der Waals surface area contributed by atoms with E-state index in [0.29, 0.717) is 0 Å². The highest BCUT2D eigenvalue weighted by Gasteiger charge is 2.16. The first-order chi connectivity index (χ1) is 23.2. The van der Waals surface area contributed by atoms with Gasteiger partial charge in [0, 0.05) is 37.9 Å². The summed E-state index contributed by atoms with van der Waals surface area (Å²) in [5.41, 5.74) is 11.6. The highest BCUT2D eigenvalue weighted by Crippen LogP contribution is 2.39. The fraction of sp³-hybridized carbons (Fsp3) is 0.0455. The monoisotopic (exact) mass is 624 g/mol. The molecule has 0 amide bonds. The van der Waals surface area contributed by atoms with Crippen LogP contribution in [0, 0.1) is 0 Å². The van der Waals surface area contributed by atoms with Crippen LogP contribution in [0.5, 0.6) is 0 Å². The van der Waals surface area contributed by atoms with E-state index in [1.165, 1.54) is 43.6 Å². The van der Waals surface area contributed by atoms with Gasteiger partial charge in [0.15, 0.2) is 0 Å². The van der Waals surface area contributed by atoms with Crippen molar-refractivity contribution in [1.82, 2.24) is 9.13 Å². The molecule has 0 radical (unpaired) electrons. The molecule has 0 aliphatic heterocycles. The molecule has 0 unspecified atom stereocenters. The average molecular weight is 625 g/mol. The third kappa shape index (κ3) is 4.90. The van der Waals surface area contributed by atoms with Gasteiger partial charge in [-0.1, -0.05) is 110 Å².